The maximum absolute atomic E-state index is 12.7. The maximum atomic E-state index is 12.7. The standard InChI is InChI=1S/C17H24N6O2/c1-10(2)23-15(12-4-5-12)14(8-18-23)20-17(24)22-7-6-13(9-22)16-19-11(3)21-25-16/h8,10,12-13H,4-7,9H2,1-3H3,(H,20,24). The quantitative estimate of drug-likeness (QED) is 0.921. The highest BCUT2D eigenvalue weighted by Gasteiger charge is 2.34. The molecule has 0 aromatic carbocycles. The fourth-order valence-corrected chi connectivity index (χ4v) is 3.46. The van der Waals surface area contributed by atoms with Crippen LogP contribution in [0.3, 0.4) is 0 Å². The summed E-state index contributed by atoms with van der Waals surface area (Å²) in [4.78, 5) is 18.8. The van der Waals surface area contributed by atoms with E-state index in [1.807, 2.05) is 9.58 Å². The first-order valence-electron chi connectivity index (χ1n) is 8.96. The van der Waals surface area contributed by atoms with Crippen LogP contribution in [0, 0.1) is 6.92 Å². The van der Waals surface area contributed by atoms with Crippen LogP contribution in [0.1, 0.15) is 68.4 Å². The normalized spacial score (nSPS) is 20.5. The molecular weight excluding hydrogens is 320 g/mol. The van der Waals surface area contributed by atoms with Gasteiger partial charge in [0.15, 0.2) is 5.82 Å². The Kier molecular flexibility index (Phi) is 3.97. The molecule has 8 nitrogen and oxygen atoms in total. The summed E-state index contributed by atoms with van der Waals surface area (Å²) in [6.45, 7) is 7.32. The second kappa shape index (κ2) is 6.16. The molecular formula is C17H24N6O2. The lowest BCUT2D eigenvalue weighted by molar-refractivity contribution is 0.221. The van der Waals surface area contributed by atoms with Gasteiger partial charge in [0.2, 0.25) is 5.89 Å². The molecule has 1 aliphatic carbocycles. The van der Waals surface area contributed by atoms with E-state index >= 15 is 0 Å². The van der Waals surface area contributed by atoms with Crippen molar-refractivity contribution in [2.24, 2.45) is 0 Å². The summed E-state index contributed by atoms with van der Waals surface area (Å²) in [6, 6.07) is 0.210. The molecule has 25 heavy (non-hydrogen) atoms. The Morgan fingerprint density at radius 1 is 1.32 bits per heavy atom. The molecule has 2 fully saturated rings. The highest BCUT2D eigenvalue weighted by atomic mass is 16.5. The summed E-state index contributed by atoms with van der Waals surface area (Å²) in [5, 5.41) is 11.4. The zero-order valence-electron chi connectivity index (χ0n) is 14.9. The minimum absolute atomic E-state index is 0.0797. The molecule has 4 rings (SSSR count). The van der Waals surface area contributed by atoms with Crippen LogP contribution in [0.25, 0.3) is 0 Å². The molecule has 2 amide bonds. The number of aromatic nitrogens is 4. The SMILES string of the molecule is Cc1noc(C2CCN(C(=O)Nc3cnn(C(C)C)c3C3CC3)C2)n1. The molecule has 2 aromatic rings. The van der Waals surface area contributed by atoms with Crippen molar-refractivity contribution in [3.8, 4) is 0 Å². The number of nitrogens with one attached hydrogen (secondary N) is 1. The lowest BCUT2D eigenvalue weighted by Crippen LogP contribution is -2.33. The van der Waals surface area contributed by atoms with Crippen molar-refractivity contribution in [1.29, 1.82) is 0 Å². The molecule has 1 aliphatic heterocycles. The van der Waals surface area contributed by atoms with E-state index < -0.39 is 0 Å². The van der Waals surface area contributed by atoms with Gasteiger partial charge in [-0.2, -0.15) is 10.1 Å². The van der Waals surface area contributed by atoms with Crippen molar-refractivity contribution in [3.63, 3.8) is 0 Å². The van der Waals surface area contributed by atoms with Gasteiger partial charge in [0.25, 0.3) is 0 Å². The van der Waals surface area contributed by atoms with Crippen molar-refractivity contribution in [1.82, 2.24) is 24.8 Å². The Labute approximate surface area is 146 Å². The van der Waals surface area contributed by atoms with E-state index in [-0.39, 0.29) is 18.0 Å². The van der Waals surface area contributed by atoms with Crippen LogP contribution >= 0.6 is 0 Å². The first-order valence-corrected chi connectivity index (χ1v) is 8.96. The van der Waals surface area contributed by atoms with E-state index in [0.717, 1.165) is 17.8 Å². The molecule has 2 aromatic heterocycles. The molecule has 1 unspecified atom stereocenters. The maximum Gasteiger partial charge on any atom is 0.321 e. The minimum atomic E-state index is -0.0797. The van der Waals surface area contributed by atoms with Crippen molar-refractivity contribution in [2.75, 3.05) is 18.4 Å². The average Bonchev–Trinajstić information content (AvgIpc) is 3.00. The Hall–Kier alpha value is -2.38. The number of likely N-dealkylation sites (tertiary alicyclic amines) is 1. The first kappa shape index (κ1) is 16.1. The zero-order chi connectivity index (χ0) is 17.6. The highest BCUT2D eigenvalue weighted by Crippen LogP contribution is 2.44. The second-order valence-corrected chi connectivity index (χ2v) is 7.30. The number of amides is 2. The fraction of sp³-hybridized carbons (Fsp3) is 0.647. The van der Waals surface area contributed by atoms with Gasteiger partial charge in [-0.3, -0.25) is 4.68 Å². The third kappa shape index (κ3) is 3.12. The molecule has 0 bridgehead atoms. The van der Waals surface area contributed by atoms with Crippen LogP contribution in [0.15, 0.2) is 10.7 Å². The van der Waals surface area contributed by atoms with Gasteiger partial charge in [0.05, 0.1) is 23.5 Å². The summed E-state index contributed by atoms with van der Waals surface area (Å²) in [5.74, 6) is 1.90. The number of carbonyl (C=O) groups is 1. The number of urea groups is 1. The van der Waals surface area contributed by atoms with Gasteiger partial charge in [-0.25, -0.2) is 4.79 Å². The number of nitrogens with zero attached hydrogens (tertiary/aromatic N) is 5. The Morgan fingerprint density at radius 3 is 2.76 bits per heavy atom. The minimum Gasteiger partial charge on any atom is -0.339 e. The molecule has 1 saturated carbocycles. The van der Waals surface area contributed by atoms with Crippen LogP contribution in [0.4, 0.5) is 10.5 Å². The van der Waals surface area contributed by atoms with Gasteiger partial charge in [0, 0.05) is 25.0 Å². The third-order valence-electron chi connectivity index (χ3n) is 4.90. The monoisotopic (exact) mass is 344 g/mol. The van der Waals surface area contributed by atoms with Gasteiger partial charge < -0.3 is 14.7 Å². The number of aryl methyl sites for hydroxylation is 1. The summed E-state index contributed by atoms with van der Waals surface area (Å²) < 4.78 is 7.28. The van der Waals surface area contributed by atoms with Crippen molar-refractivity contribution < 1.29 is 9.32 Å². The van der Waals surface area contributed by atoms with Gasteiger partial charge in [-0.15, -0.1) is 0 Å². The van der Waals surface area contributed by atoms with E-state index in [1.165, 1.54) is 12.8 Å². The van der Waals surface area contributed by atoms with Gasteiger partial charge >= 0.3 is 6.03 Å². The van der Waals surface area contributed by atoms with E-state index in [1.54, 1.807) is 13.1 Å². The summed E-state index contributed by atoms with van der Waals surface area (Å²) in [7, 11) is 0. The van der Waals surface area contributed by atoms with Crippen LogP contribution in [-0.4, -0.2) is 43.9 Å². The van der Waals surface area contributed by atoms with Crippen molar-refractivity contribution in [3.05, 3.63) is 23.6 Å². The van der Waals surface area contributed by atoms with E-state index in [9.17, 15) is 4.79 Å². The molecule has 134 valence electrons. The van der Waals surface area contributed by atoms with Crippen molar-refractivity contribution >= 4 is 11.7 Å². The molecule has 1 saturated heterocycles. The van der Waals surface area contributed by atoms with Gasteiger partial charge in [-0.1, -0.05) is 5.16 Å². The largest absolute Gasteiger partial charge is 0.339 e. The predicted molar refractivity (Wildman–Crippen MR) is 91.6 cm³/mol. The Balaban J connectivity index is 1.44. The van der Waals surface area contributed by atoms with Crippen LogP contribution in [-0.2, 0) is 0 Å². The lowest BCUT2D eigenvalue weighted by atomic mass is 10.1. The van der Waals surface area contributed by atoms with Gasteiger partial charge in [0.1, 0.15) is 0 Å². The molecule has 0 spiro atoms. The molecule has 3 heterocycles. The number of rotatable bonds is 4. The van der Waals surface area contributed by atoms with E-state index in [2.05, 4.69) is 34.4 Å². The van der Waals surface area contributed by atoms with Crippen LogP contribution in [0.5, 0.6) is 0 Å². The van der Waals surface area contributed by atoms with Crippen LogP contribution < -0.4 is 5.32 Å². The Bertz CT molecular complexity index is 776. The number of carbonyl (C=O) groups excluding carboxylic acids is 1. The number of hydrogen-bond donors (Lipinski definition) is 1. The smallest absolute Gasteiger partial charge is 0.321 e. The summed E-state index contributed by atoms with van der Waals surface area (Å²) in [6.07, 6.45) is 4.96. The predicted octanol–water partition coefficient (Wildman–Crippen LogP) is 3.05. The molecule has 0 radical (unpaired) electrons. The molecule has 2 aliphatic rings. The lowest BCUT2D eigenvalue weighted by Gasteiger charge is -2.17. The first-order chi connectivity index (χ1) is 12.0. The summed E-state index contributed by atoms with van der Waals surface area (Å²) >= 11 is 0. The zero-order valence-corrected chi connectivity index (χ0v) is 14.9. The highest BCUT2D eigenvalue weighted by molar-refractivity contribution is 5.90. The second-order valence-electron chi connectivity index (χ2n) is 7.30. The van der Waals surface area contributed by atoms with Gasteiger partial charge in [-0.05, 0) is 40.0 Å². The third-order valence-corrected chi connectivity index (χ3v) is 4.90. The number of hydrogen-bond acceptors (Lipinski definition) is 5. The Morgan fingerprint density at radius 2 is 2.12 bits per heavy atom. The average molecular weight is 344 g/mol. The molecule has 1 atom stereocenters. The molecule has 1 N–H and O–H groups in total. The van der Waals surface area contributed by atoms with Crippen molar-refractivity contribution in [2.45, 2.75) is 57.9 Å². The topological polar surface area (TPSA) is 89.1 Å². The fourth-order valence-electron chi connectivity index (χ4n) is 3.46. The molecule has 8 heteroatoms. The van der Waals surface area contributed by atoms with Crippen LogP contribution in [0.2, 0.25) is 0 Å². The number of anilines is 1. The van der Waals surface area contributed by atoms with E-state index in [0.29, 0.717) is 30.7 Å². The summed E-state index contributed by atoms with van der Waals surface area (Å²) in [5.41, 5.74) is 2.00. The van der Waals surface area contributed by atoms with E-state index in [4.69, 9.17) is 4.52 Å².